The third kappa shape index (κ3) is 28.7. The van der Waals surface area contributed by atoms with Crippen LogP contribution in [0, 0.1) is 24.7 Å². The predicted octanol–water partition coefficient (Wildman–Crippen LogP) is 21.2. The third-order valence-corrected chi connectivity index (χ3v) is 13.4. The van der Waals surface area contributed by atoms with Gasteiger partial charge in [-0.3, -0.25) is 0 Å². The van der Waals surface area contributed by atoms with Crippen LogP contribution >= 0.6 is 0 Å². The quantitative estimate of drug-likeness (QED) is 0.0212. The Balaban J connectivity index is 0.00000160. The molecule has 3 rings (SSSR count). The molecule has 0 radical (unpaired) electrons. The van der Waals surface area contributed by atoms with E-state index in [2.05, 4.69) is 104 Å². The summed E-state index contributed by atoms with van der Waals surface area (Å²) in [6.07, 6.45) is 58.4. The minimum absolute atomic E-state index is 0. The second kappa shape index (κ2) is 45.3. The van der Waals surface area contributed by atoms with Crippen LogP contribution in [0.2, 0.25) is 0 Å². The fourth-order valence-corrected chi connectivity index (χ4v) is 9.31. The van der Waals surface area contributed by atoms with Gasteiger partial charge in [-0.15, -0.1) is 0 Å². The molecule has 2 aromatic carbocycles. The first kappa shape index (κ1) is 65.1. The fourth-order valence-electron chi connectivity index (χ4n) is 9.31. The topological polar surface area (TPSA) is 25.3 Å². The summed E-state index contributed by atoms with van der Waals surface area (Å²) >= 11 is 0. The second-order valence-corrected chi connectivity index (χ2v) is 19.8. The second-order valence-electron chi connectivity index (χ2n) is 19.8. The van der Waals surface area contributed by atoms with Crippen LogP contribution in [0.5, 0.6) is 0 Å². The average molecular weight is 972 g/mol. The zero-order valence-corrected chi connectivity index (χ0v) is 46.8. The van der Waals surface area contributed by atoms with Gasteiger partial charge < -0.3 is 30.2 Å². The standard InChI is InChI=1S/C43H66N2.2C11H19.Ni/c1-7-13-19-21-27-41-40(26-20-14-8-2)42(38-30-34(22-15-9-3)28-35(31-38)23-16-10-4)45(44)43(41)39-32-36(24-17-11-5)29-37(33-39)25-18-12-6;2*1-3-5-7-9-11-10-8-6-4-2;/h28-33H,7-27H2,1-6H3;2*3,5-11H2,1H3;/q;2*-1;+2. The molecule has 0 saturated heterocycles. The van der Waals surface area contributed by atoms with E-state index in [-0.39, 0.29) is 16.5 Å². The molecule has 2 aromatic rings. The first-order valence-electron chi connectivity index (χ1n) is 28.8. The molecule has 384 valence electrons. The van der Waals surface area contributed by atoms with Gasteiger partial charge in [0.2, 0.25) is 11.4 Å². The molecular formula is C65H104N2Ni. The van der Waals surface area contributed by atoms with E-state index in [1.807, 2.05) is 0 Å². The Morgan fingerprint density at radius 2 is 0.588 bits per heavy atom. The largest absolute Gasteiger partial charge is 2.00 e. The Bertz CT molecular complexity index is 1630. The number of hydrogen-bond donors (Lipinski definition) is 0. The number of benzene rings is 2. The minimum atomic E-state index is 0. The maximum absolute atomic E-state index is 12.4. The average Bonchev–Trinajstić information content (AvgIpc) is 3.62. The van der Waals surface area contributed by atoms with Crippen LogP contribution in [0.1, 0.15) is 301 Å². The normalized spacial score (nSPS) is 12.0. The molecule has 1 aliphatic rings. The number of hydrogen-bond acceptors (Lipinski definition) is 0. The summed E-state index contributed by atoms with van der Waals surface area (Å²) in [7, 11) is 0. The molecule has 0 bridgehead atoms. The first-order chi connectivity index (χ1) is 32.8. The van der Waals surface area contributed by atoms with E-state index in [1.54, 1.807) is 4.70 Å². The van der Waals surface area contributed by atoms with Crippen molar-refractivity contribution in [3.05, 3.63) is 99.3 Å². The smallest absolute Gasteiger partial charge is 0.694 e. The van der Waals surface area contributed by atoms with E-state index >= 15 is 0 Å². The van der Waals surface area contributed by atoms with E-state index in [9.17, 15) is 5.53 Å². The van der Waals surface area contributed by atoms with E-state index < -0.39 is 0 Å². The van der Waals surface area contributed by atoms with Gasteiger partial charge in [-0.05, 0) is 149 Å². The van der Waals surface area contributed by atoms with Crippen LogP contribution in [0.3, 0.4) is 0 Å². The van der Waals surface area contributed by atoms with Crippen LogP contribution in [-0.4, -0.2) is 4.70 Å². The molecule has 1 heterocycles. The minimum Gasteiger partial charge on any atom is -0.694 e. The molecule has 0 fully saturated rings. The number of nitrogens with zero attached hydrogens (tertiary/aromatic N) is 2. The van der Waals surface area contributed by atoms with Crippen LogP contribution in [0.25, 0.3) is 16.9 Å². The van der Waals surface area contributed by atoms with E-state index in [0.717, 1.165) is 75.6 Å². The number of allylic oxidation sites excluding steroid dienone is 2. The Hall–Kier alpha value is -2.87. The summed E-state index contributed by atoms with van der Waals surface area (Å²) in [6.45, 7) is 18.2. The van der Waals surface area contributed by atoms with E-state index in [1.165, 1.54) is 218 Å². The maximum atomic E-state index is 12.4. The molecule has 0 saturated carbocycles. The van der Waals surface area contributed by atoms with Gasteiger partial charge in [-0.25, -0.2) is 4.70 Å². The van der Waals surface area contributed by atoms with Gasteiger partial charge in [-0.2, -0.15) is 0 Å². The molecule has 1 aliphatic heterocycles. The molecule has 2 nitrogen and oxygen atoms in total. The maximum Gasteiger partial charge on any atom is 2.00 e. The number of aryl methyl sites for hydroxylation is 4. The van der Waals surface area contributed by atoms with Crippen molar-refractivity contribution in [3.8, 4) is 11.8 Å². The van der Waals surface area contributed by atoms with Crippen LogP contribution in [0.4, 0.5) is 0 Å². The summed E-state index contributed by atoms with van der Waals surface area (Å²) in [6, 6.07) is 14.5. The summed E-state index contributed by atoms with van der Waals surface area (Å²) in [5.41, 5.74) is 25.5. The molecule has 0 atom stereocenters. The Kier molecular flexibility index (Phi) is 43.4. The van der Waals surface area contributed by atoms with Gasteiger partial charge in [0.1, 0.15) is 0 Å². The van der Waals surface area contributed by atoms with Crippen molar-refractivity contribution in [1.82, 2.24) is 0 Å². The van der Waals surface area contributed by atoms with E-state index in [0.29, 0.717) is 0 Å². The Morgan fingerprint density at radius 1 is 0.338 bits per heavy atom. The molecule has 0 aliphatic carbocycles. The van der Waals surface area contributed by atoms with Crippen molar-refractivity contribution in [3.63, 3.8) is 0 Å². The zero-order valence-electron chi connectivity index (χ0n) is 45.8. The number of rotatable bonds is 37. The van der Waals surface area contributed by atoms with Crippen LogP contribution < -0.4 is 0 Å². The van der Waals surface area contributed by atoms with Crippen LogP contribution in [-0.2, 0) is 42.2 Å². The van der Waals surface area contributed by atoms with Gasteiger partial charge in [-0.1, -0.05) is 202 Å². The molecular weight excluding hydrogens is 867 g/mol. The molecule has 0 spiro atoms. The van der Waals surface area contributed by atoms with Gasteiger partial charge in [0, 0.05) is 22.3 Å². The molecule has 0 aromatic heterocycles. The van der Waals surface area contributed by atoms with Crippen molar-refractivity contribution in [1.29, 1.82) is 0 Å². The summed E-state index contributed by atoms with van der Waals surface area (Å²) in [5.74, 6) is 4.84. The van der Waals surface area contributed by atoms with Gasteiger partial charge in [0.25, 0.3) is 0 Å². The predicted molar refractivity (Wildman–Crippen MR) is 297 cm³/mol. The van der Waals surface area contributed by atoms with Crippen molar-refractivity contribution in [2.75, 3.05) is 0 Å². The van der Waals surface area contributed by atoms with Crippen molar-refractivity contribution in [2.24, 2.45) is 0 Å². The molecule has 0 amide bonds. The zero-order chi connectivity index (χ0) is 49.2. The van der Waals surface area contributed by atoms with Crippen molar-refractivity contribution >= 4 is 11.4 Å². The van der Waals surface area contributed by atoms with E-state index in [4.69, 9.17) is 12.8 Å². The van der Waals surface area contributed by atoms with Crippen molar-refractivity contribution < 1.29 is 21.2 Å². The van der Waals surface area contributed by atoms with Crippen LogP contribution in [0.15, 0.2) is 47.5 Å². The van der Waals surface area contributed by atoms with Gasteiger partial charge in [0.05, 0.1) is 0 Å². The summed E-state index contributed by atoms with van der Waals surface area (Å²) < 4.78 is 1.65. The molecule has 3 heteroatoms. The summed E-state index contributed by atoms with van der Waals surface area (Å²) in [5, 5.41) is 0. The van der Waals surface area contributed by atoms with Gasteiger partial charge >= 0.3 is 16.5 Å². The summed E-state index contributed by atoms with van der Waals surface area (Å²) in [4.78, 5) is 0. The third-order valence-electron chi connectivity index (χ3n) is 13.4. The first-order valence-corrected chi connectivity index (χ1v) is 28.8. The number of unbranched alkanes of at least 4 members (excludes halogenated alkanes) is 23. The Labute approximate surface area is 434 Å². The monoisotopic (exact) mass is 971 g/mol. The molecule has 0 unspecified atom stereocenters. The molecule has 68 heavy (non-hydrogen) atoms. The van der Waals surface area contributed by atoms with Crippen molar-refractivity contribution in [2.45, 2.75) is 293 Å². The Morgan fingerprint density at radius 3 is 0.882 bits per heavy atom. The SMILES string of the molecule is CCCCCCC1=C(c2cc(CCCC)cc(CCCC)c2)[N+](=[N-])C(c2cc(CCCC)cc(CCCC)c2)=C1CCCCC.[C-]#CCCCCCCCCC.[C-]#CCCCCCCCCC.[Ni+2]. The fraction of sp³-hybridized carbons (Fsp3) is 0.692. The van der Waals surface area contributed by atoms with Gasteiger partial charge in [0.15, 0.2) is 0 Å². The molecule has 0 N–H and O–H groups in total.